The number of rotatable bonds is 6. The molecular weight excluding hydrogens is 374 g/mol. The molecule has 2 aromatic heterocycles. The van der Waals surface area contributed by atoms with Gasteiger partial charge in [-0.3, -0.25) is 10.1 Å². The third kappa shape index (κ3) is 3.65. The van der Waals surface area contributed by atoms with Gasteiger partial charge in [0.15, 0.2) is 0 Å². The molecule has 0 bridgehead atoms. The molecule has 3 heterocycles. The number of imidazole rings is 1. The van der Waals surface area contributed by atoms with Crippen molar-refractivity contribution in [3.63, 3.8) is 0 Å². The van der Waals surface area contributed by atoms with Crippen molar-refractivity contribution in [1.82, 2.24) is 24.8 Å². The molecule has 1 aliphatic carbocycles. The van der Waals surface area contributed by atoms with Crippen molar-refractivity contribution in [3.05, 3.63) is 53.7 Å². The Hall–Kier alpha value is -2.60. The van der Waals surface area contributed by atoms with E-state index in [2.05, 4.69) is 63.0 Å². The lowest BCUT2D eigenvalue weighted by Crippen LogP contribution is -2.47. The molecule has 1 aliphatic heterocycles. The number of nitrogens with one attached hydrogen (secondary N) is 2. The summed E-state index contributed by atoms with van der Waals surface area (Å²) in [5.74, 6) is 1.71. The Balaban J connectivity index is 1.57. The topological polar surface area (TPSA) is 63.9 Å². The third-order valence-corrected chi connectivity index (χ3v) is 6.40. The number of benzene rings is 1. The molecule has 6 heteroatoms. The summed E-state index contributed by atoms with van der Waals surface area (Å²) in [4.78, 5) is 17.5. The SMILES string of the molecule is CC(C)CC1NC(C(=O)NC2CC2)Cc2cn(Cc3nccn3C)c3cccc1c23. The lowest BCUT2D eigenvalue weighted by Gasteiger charge is -2.25. The van der Waals surface area contributed by atoms with E-state index in [0.717, 1.165) is 31.6 Å². The van der Waals surface area contributed by atoms with Crippen molar-refractivity contribution in [2.75, 3.05) is 0 Å². The second-order valence-corrected chi connectivity index (χ2v) is 9.37. The normalized spacial score (nSPS) is 21.2. The molecule has 2 aliphatic rings. The zero-order chi connectivity index (χ0) is 20.8. The molecule has 158 valence electrons. The fraction of sp³-hybridized carbons (Fsp3) is 0.500. The van der Waals surface area contributed by atoms with E-state index in [4.69, 9.17) is 0 Å². The molecule has 0 radical (unpaired) electrons. The predicted molar refractivity (Wildman–Crippen MR) is 118 cm³/mol. The number of hydrogen-bond donors (Lipinski definition) is 2. The van der Waals surface area contributed by atoms with Gasteiger partial charge in [0.25, 0.3) is 0 Å². The fourth-order valence-electron chi connectivity index (χ4n) is 4.72. The Kier molecular flexibility index (Phi) is 4.89. The molecule has 30 heavy (non-hydrogen) atoms. The van der Waals surface area contributed by atoms with E-state index in [1.165, 1.54) is 22.0 Å². The van der Waals surface area contributed by atoms with Gasteiger partial charge >= 0.3 is 0 Å². The Morgan fingerprint density at radius 1 is 1.33 bits per heavy atom. The Bertz CT molecular complexity index is 1070. The van der Waals surface area contributed by atoms with E-state index in [-0.39, 0.29) is 18.0 Å². The third-order valence-electron chi connectivity index (χ3n) is 6.40. The summed E-state index contributed by atoms with van der Waals surface area (Å²) in [6.45, 7) is 5.23. The smallest absolute Gasteiger partial charge is 0.237 e. The number of nitrogens with zero attached hydrogens (tertiary/aromatic N) is 3. The van der Waals surface area contributed by atoms with Crippen molar-refractivity contribution >= 4 is 16.8 Å². The van der Waals surface area contributed by atoms with Gasteiger partial charge in [0.1, 0.15) is 5.82 Å². The zero-order valence-corrected chi connectivity index (χ0v) is 18.1. The number of carbonyl (C=O) groups excluding carboxylic acids is 1. The highest BCUT2D eigenvalue weighted by Crippen LogP contribution is 2.36. The van der Waals surface area contributed by atoms with Crippen molar-refractivity contribution < 1.29 is 4.79 Å². The molecule has 1 aromatic carbocycles. The van der Waals surface area contributed by atoms with E-state index < -0.39 is 0 Å². The molecule has 5 rings (SSSR count). The van der Waals surface area contributed by atoms with Crippen LogP contribution in [0.2, 0.25) is 0 Å². The van der Waals surface area contributed by atoms with Gasteiger partial charge in [-0.05, 0) is 48.8 Å². The average Bonchev–Trinajstić information content (AvgIpc) is 3.36. The van der Waals surface area contributed by atoms with E-state index in [1.807, 2.05) is 19.4 Å². The number of hydrogen-bond acceptors (Lipinski definition) is 3. The van der Waals surface area contributed by atoms with Crippen LogP contribution in [0.25, 0.3) is 10.9 Å². The summed E-state index contributed by atoms with van der Waals surface area (Å²) in [6.07, 6.45) is 10.0. The van der Waals surface area contributed by atoms with Crippen LogP contribution in [-0.2, 0) is 24.8 Å². The van der Waals surface area contributed by atoms with Crippen molar-refractivity contribution in [2.24, 2.45) is 13.0 Å². The van der Waals surface area contributed by atoms with Crippen LogP contribution in [0.4, 0.5) is 0 Å². The maximum absolute atomic E-state index is 13.0. The number of aryl methyl sites for hydroxylation is 1. The fourth-order valence-corrected chi connectivity index (χ4v) is 4.72. The molecule has 0 spiro atoms. The van der Waals surface area contributed by atoms with Gasteiger partial charge < -0.3 is 14.5 Å². The van der Waals surface area contributed by atoms with Crippen molar-refractivity contribution in [3.8, 4) is 0 Å². The molecule has 3 aromatic rings. The molecule has 2 unspecified atom stereocenters. The summed E-state index contributed by atoms with van der Waals surface area (Å²) in [7, 11) is 2.03. The van der Waals surface area contributed by atoms with Crippen LogP contribution in [0.15, 0.2) is 36.8 Å². The van der Waals surface area contributed by atoms with Crippen LogP contribution >= 0.6 is 0 Å². The molecule has 6 nitrogen and oxygen atoms in total. The van der Waals surface area contributed by atoms with Gasteiger partial charge in [-0.15, -0.1) is 0 Å². The monoisotopic (exact) mass is 405 g/mol. The quantitative estimate of drug-likeness (QED) is 0.661. The minimum Gasteiger partial charge on any atom is -0.352 e. The predicted octanol–water partition coefficient (Wildman–Crippen LogP) is 3.30. The van der Waals surface area contributed by atoms with E-state index in [0.29, 0.717) is 18.4 Å². The Morgan fingerprint density at radius 2 is 2.17 bits per heavy atom. The first-order valence-corrected chi connectivity index (χ1v) is 11.1. The van der Waals surface area contributed by atoms with Gasteiger partial charge in [0.2, 0.25) is 5.91 Å². The molecular formula is C24H31N5O. The standard InChI is InChI=1S/C24H31N5O/c1-15(2)11-19-18-5-4-6-21-23(18)16(12-20(27-19)24(30)26-17-7-8-17)13-29(21)14-22-25-9-10-28(22)3/h4-6,9-10,13,15,17,19-20,27H,7-8,11-12,14H2,1-3H3,(H,26,30). The van der Waals surface area contributed by atoms with Crippen LogP contribution in [-0.4, -0.2) is 32.1 Å². The molecule has 1 saturated carbocycles. The van der Waals surface area contributed by atoms with Crippen molar-refractivity contribution in [1.29, 1.82) is 0 Å². The summed E-state index contributed by atoms with van der Waals surface area (Å²) in [6, 6.07) is 6.93. The molecule has 2 atom stereocenters. The molecule has 1 fully saturated rings. The largest absolute Gasteiger partial charge is 0.352 e. The van der Waals surface area contributed by atoms with Gasteiger partial charge in [-0.2, -0.15) is 0 Å². The maximum atomic E-state index is 13.0. The van der Waals surface area contributed by atoms with E-state index >= 15 is 0 Å². The highest BCUT2D eigenvalue weighted by Gasteiger charge is 2.33. The first-order chi connectivity index (χ1) is 14.5. The highest BCUT2D eigenvalue weighted by atomic mass is 16.2. The Morgan fingerprint density at radius 3 is 2.87 bits per heavy atom. The van der Waals surface area contributed by atoms with Crippen LogP contribution in [0.1, 0.15) is 56.1 Å². The van der Waals surface area contributed by atoms with E-state index in [1.54, 1.807) is 0 Å². The number of amides is 1. The molecule has 0 saturated heterocycles. The molecule has 2 N–H and O–H groups in total. The number of aromatic nitrogens is 3. The second kappa shape index (κ2) is 7.58. The second-order valence-electron chi connectivity index (χ2n) is 9.37. The lowest BCUT2D eigenvalue weighted by molar-refractivity contribution is -0.123. The minimum atomic E-state index is -0.200. The van der Waals surface area contributed by atoms with Crippen LogP contribution in [0.3, 0.4) is 0 Å². The first kappa shape index (κ1) is 19.4. The summed E-state index contributed by atoms with van der Waals surface area (Å²) in [5.41, 5.74) is 3.80. The van der Waals surface area contributed by atoms with Crippen LogP contribution < -0.4 is 10.6 Å². The summed E-state index contributed by atoms with van der Waals surface area (Å²) < 4.78 is 4.36. The van der Waals surface area contributed by atoms with Crippen LogP contribution in [0, 0.1) is 5.92 Å². The number of carbonyl (C=O) groups is 1. The Labute approximate surface area is 177 Å². The van der Waals surface area contributed by atoms with Gasteiger partial charge in [0.05, 0.1) is 12.6 Å². The first-order valence-electron chi connectivity index (χ1n) is 11.1. The maximum Gasteiger partial charge on any atom is 0.237 e. The average molecular weight is 406 g/mol. The van der Waals surface area contributed by atoms with Gasteiger partial charge in [-0.25, -0.2) is 4.98 Å². The van der Waals surface area contributed by atoms with Crippen molar-refractivity contribution in [2.45, 2.75) is 64.2 Å². The van der Waals surface area contributed by atoms with Gasteiger partial charge in [-0.1, -0.05) is 26.0 Å². The van der Waals surface area contributed by atoms with Gasteiger partial charge in [0, 0.05) is 48.6 Å². The zero-order valence-electron chi connectivity index (χ0n) is 18.1. The highest BCUT2D eigenvalue weighted by molar-refractivity contribution is 5.90. The minimum absolute atomic E-state index is 0.143. The molecule has 1 amide bonds. The summed E-state index contributed by atoms with van der Waals surface area (Å²) >= 11 is 0. The lowest BCUT2D eigenvalue weighted by atomic mass is 9.94. The van der Waals surface area contributed by atoms with E-state index in [9.17, 15) is 4.79 Å². The van der Waals surface area contributed by atoms with Crippen LogP contribution in [0.5, 0.6) is 0 Å². The summed E-state index contributed by atoms with van der Waals surface area (Å²) in [5, 5.41) is 8.23.